The molecule has 22 heavy (non-hydrogen) atoms. The Kier molecular flexibility index (Phi) is 3.54. The van der Waals surface area contributed by atoms with Gasteiger partial charge in [-0.25, -0.2) is 9.37 Å². The molecule has 3 aromatic rings. The van der Waals surface area contributed by atoms with Crippen LogP contribution >= 0.6 is 11.3 Å². The summed E-state index contributed by atoms with van der Waals surface area (Å²) >= 11 is 1.38. The fraction of sp³-hybridized carbons (Fsp3) is 0.125. The van der Waals surface area contributed by atoms with Crippen molar-refractivity contribution in [1.29, 1.82) is 0 Å². The van der Waals surface area contributed by atoms with E-state index in [2.05, 4.69) is 10.3 Å². The normalized spacial score (nSPS) is 10.9. The summed E-state index contributed by atoms with van der Waals surface area (Å²) in [5.41, 5.74) is 8.14. The molecule has 0 aliphatic carbocycles. The van der Waals surface area contributed by atoms with Gasteiger partial charge in [0.05, 0.1) is 4.88 Å². The highest BCUT2D eigenvalue weighted by molar-refractivity contribution is 7.21. The topological polar surface area (TPSA) is 68.0 Å². The summed E-state index contributed by atoms with van der Waals surface area (Å²) in [6.45, 7) is 3.72. The highest BCUT2D eigenvalue weighted by Gasteiger charge is 2.18. The van der Waals surface area contributed by atoms with Crippen molar-refractivity contribution < 1.29 is 9.18 Å². The van der Waals surface area contributed by atoms with E-state index in [1.165, 1.54) is 35.6 Å². The van der Waals surface area contributed by atoms with E-state index in [9.17, 15) is 9.18 Å². The number of nitrogens with zero attached hydrogens (tertiary/aromatic N) is 1. The molecule has 3 rings (SSSR count). The maximum Gasteiger partial charge on any atom is 0.266 e. The van der Waals surface area contributed by atoms with Crippen molar-refractivity contribution in [2.75, 3.05) is 11.1 Å². The van der Waals surface area contributed by atoms with E-state index in [1.54, 1.807) is 0 Å². The van der Waals surface area contributed by atoms with Gasteiger partial charge >= 0.3 is 0 Å². The molecule has 2 aromatic heterocycles. The van der Waals surface area contributed by atoms with Gasteiger partial charge in [-0.3, -0.25) is 4.79 Å². The number of carbonyl (C=O) groups is 1. The van der Waals surface area contributed by atoms with Crippen LogP contribution in [0.2, 0.25) is 0 Å². The Bertz CT molecular complexity index is 871. The molecule has 1 amide bonds. The predicted molar refractivity (Wildman–Crippen MR) is 87.9 cm³/mol. The molecule has 2 heterocycles. The Morgan fingerprint density at radius 3 is 2.64 bits per heavy atom. The number of amides is 1. The molecule has 0 aliphatic rings. The van der Waals surface area contributed by atoms with Crippen molar-refractivity contribution in [1.82, 2.24) is 4.98 Å². The third-order valence-corrected chi connectivity index (χ3v) is 4.61. The summed E-state index contributed by atoms with van der Waals surface area (Å²) in [5, 5.41) is 3.58. The molecule has 6 heteroatoms. The predicted octanol–water partition coefficient (Wildman–Crippen LogP) is 3.89. The lowest BCUT2D eigenvalue weighted by Gasteiger charge is -2.04. The quantitative estimate of drug-likeness (QED) is 0.754. The number of thiophene rings is 1. The minimum atomic E-state index is -0.342. The first-order valence-electron chi connectivity index (χ1n) is 6.69. The summed E-state index contributed by atoms with van der Waals surface area (Å²) in [6.07, 6.45) is 0. The van der Waals surface area contributed by atoms with Gasteiger partial charge in [-0.1, -0.05) is 0 Å². The highest BCUT2D eigenvalue weighted by atomic mass is 32.1. The second-order valence-corrected chi connectivity index (χ2v) is 6.09. The zero-order valence-electron chi connectivity index (χ0n) is 12.1. The van der Waals surface area contributed by atoms with Crippen LogP contribution in [0.5, 0.6) is 0 Å². The molecule has 0 unspecified atom stereocenters. The summed E-state index contributed by atoms with van der Waals surface area (Å²) in [6, 6.07) is 7.57. The van der Waals surface area contributed by atoms with Crippen molar-refractivity contribution in [2.24, 2.45) is 0 Å². The van der Waals surface area contributed by atoms with Gasteiger partial charge in [-0.05, 0) is 49.7 Å². The van der Waals surface area contributed by atoms with Crippen LogP contribution in [-0.4, -0.2) is 10.9 Å². The lowest BCUT2D eigenvalue weighted by atomic mass is 10.1. The van der Waals surface area contributed by atoms with Gasteiger partial charge < -0.3 is 11.1 Å². The largest absolute Gasteiger partial charge is 0.383 e. The van der Waals surface area contributed by atoms with E-state index in [0.717, 1.165) is 21.3 Å². The van der Waals surface area contributed by atoms with Crippen LogP contribution in [-0.2, 0) is 0 Å². The van der Waals surface area contributed by atoms with Gasteiger partial charge in [-0.2, -0.15) is 0 Å². The molecule has 0 atom stereocenters. The van der Waals surface area contributed by atoms with Crippen molar-refractivity contribution in [2.45, 2.75) is 13.8 Å². The van der Waals surface area contributed by atoms with Gasteiger partial charge in [0.1, 0.15) is 11.6 Å². The minimum Gasteiger partial charge on any atom is -0.383 e. The monoisotopic (exact) mass is 315 g/mol. The van der Waals surface area contributed by atoms with Crippen molar-refractivity contribution >= 4 is 38.8 Å². The fourth-order valence-electron chi connectivity index (χ4n) is 2.36. The van der Waals surface area contributed by atoms with Crippen LogP contribution < -0.4 is 11.1 Å². The molecule has 0 fully saturated rings. The molecule has 112 valence electrons. The molecule has 0 aliphatic heterocycles. The molecule has 0 saturated carbocycles. The number of aryl methyl sites for hydroxylation is 2. The zero-order valence-corrected chi connectivity index (χ0v) is 12.9. The number of pyridine rings is 1. The molecule has 4 nitrogen and oxygen atoms in total. The minimum absolute atomic E-state index is 0.234. The number of halogens is 1. The van der Waals surface area contributed by atoms with Gasteiger partial charge in [0.25, 0.3) is 5.91 Å². The smallest absolute Gasteiger partial charge is 0.266 e. The SMILES string of the molecule is Cc1cc2sc(C(=O)Nc3ccc(F)cc3)c(C)c2c(N)n1. The standard InChI is InChI=1S/C16H14FN3OS/c1-8-7-12-13(15(18)19-8)9(2)14(22-12)16(21)20-11-5-3-10(17)4-6-11/h3-7H,1-2H3,(H2,18,19)(H,20,21). The van der Waals surface area contributed by atoms with Crippen LogP contribution in [0, 0.1) is 19.7 Å². The number of aromatic nitrogens is 1. The average molecular weight is 315 g/mol. The maximum atomic E-state index is 12.9. The molecular formula is C16H14FN3OS. The molecule has 3 N–H and O–H groups in total. The van der Waals surface area contributed by atoms with Crippen LogP contribution in [0.4, 0.5) is 15.9 Å². The number of hydrogen-bond acceptors (Lipinski definition) is 4. The Balaban J connectivity index is 1.99. The molecule has 0 spiro atoms. The second-order valence-electron chi connectivity index (χ2n) is 5.04. The van der Waals surface area contributed by atoms with E-state index in [4.69, 9.17) is 5.73 Å². The number of anilines is 2. The summed E-state index contributed by atoms with van der Waals surface area (Å²) in [4.78, 5) is 17.3. The molecule has 0 bridgehead atoms. The summed E-state index contributed by atoms with van der Waals surface area (Å²) in [7, 11) is 0. The third kappa shape index (κ3) is 2.53. The van der Waals surface area contributed by atoms with E-state index in [-0.39, 0.29) is 11.7 Å². The Morgan fingerprint density at radius 1 is 1.27 bits per heavy atom. The van der Waals surface area contributed by atoms with E-state index in [1.807, 2.05) is 19.9 Å². The molecule has 0 saturated heterocycles. The molecule has 1 aromatic carbocycles. The Hall–Kier alpha value is -2.47. The number of benzene rings is 1. The van der Waals surface area contributed by atoms with Crippen LogP contribution in [0.25, 0.3) is 10.1 Å². The number of nitrogen functional groups attached to an aromatic ring is 1. The number of fused-ring (bicyclic) bond motifs is 1. The number of hydrogen-bond donors (Lipinski definition) is 2. The number of rotatable bonds is 2. The van der Waals surface area contributed by atoms with Crippen molar-refractivity contribution in [3.8, 4) is 0 Å². The summed E-state index contributed by atoms with van der Waals surface area (Å²) in [5.74, 6) is -0.141. The van der Waals surface area contributed by atoms with E-state index in [0.29, 0.717) is 16.4 Å². The summed E-state index contributed by atoms with van der Waals surface area (Å²) < 4.78 is 13.8. The first-order chi connectivity index (χ1) is 10.5. The van der Waals surface area contributed by atoms with Crippen LogP contribution in [0.3, 0.4) is 0 Å². The maximum absolute atomic E-state index is 12.9. The van der Waals surface area contributed by atoms with Crippen LogP contribution in [0.1, 0.15) is 20.9 Å². The third-order valence-electron chi connectivity index (χ3n) is 3.38. The van der Waals surface area contributed by atoms with Crippen molar-refractivity contribution in [3.63, 3.8) is 0 Å². The van der Waals surface area contributed by atoms with Gasteiger partial charge in [0.15, 0.2) is 0 Å². The lowest BCUT2D eigenvalue weighted by molar-refractivity contribution is 0.103. The average Bonchev–Trinajstić information content (AvgIpc) is 2.78. The van der Waals surface area contributed by atoms with Gasteiger partial charge in [-0.15, -0.1) is 11.3 Å². The Morgan fingerprint density at radius 2 is 1.95 bits per heavy atom. The van der Waals surface area contributed by atoms with E-state index < -0.39 is 0 Å². The van der Waals surface area contributed by atoms with Crippen LogP contribution in [0.15, 0.2) is 30.3 Å². The molecular weight excluding hydrogens is 301 g/mol. The zero-order chi connectivity index (χ0) is 15.9. The second kappa shape index (κ2) is 5.38. The highest BCUT2D eigenvalue weighted by Crippen LogP contribution is 2.34. The number of nitrogens with two attached hydrogens (primary N) is 1. The van der Waals surface area contributed by atoms with E-state index >= 15 is 0 Å². The first kappa shape index (κ1) is 14.5. The first-order valence-corrected chi connectivity index (χ1v) is 7.50. The van der Waals surface area contributed by atoms with Crippen molar-refractivity contribution in [3.05, 3.63) is 52.3 Å². The molecule has 0 radical (unpaired) electrons. The van der Waals surface area contributed by atoms with Gasteiger partial charge in [0.2, 0.25) is 0 Å². The number of carbonyl (C=O) groups excluding carboxylic acids is 1. The Labute approximate surface area is 130 Å². The lowest BCUT2D eigenvalue weighted by Crippen LogP contribution is -2.11. The fourth-order valence-corrected chi connectivity index (χ4v) is 3.57. The number of nitrogens with one attached hydrogen (secondary N) is 1. The van der Waals surface area contributed by atoms with Gasteiger partial charge in [0, 0.05) is 21.5 Å².